The van der Waals surface area contributed by atoms with Gasteiger partial charge in [0.25, 0.3) is 0 Å². The van der Waals surface area contributed by atoms with Gasteiger partial charge in [-0.15, -0.1) is 16.4 Å². The molecule has 2 rings (SSSR count). The Labute approximate surface area is 95.5 Å². The quantitative estimate of drug-likeness (QED) is 0.871. The number of aliphatic carboxylic acids is 1. The largest absolute Gasteiger partial charge is 0.481 e. The number of nitrogens with zero attached hydrogens (tertiary/aromatic N) is 4. The number of hydrogen-bond acceptors (Lipinski definition) is 5. The normalized spacial score (nSPS) is 12.6. The average molecular weight is 238 g/mol. The molecule has 6 nitrogen and oxygen atoms in total. The lowest BCUT2D eigenvalue weighted by Gasteiger charge is -2.09. The molecule has 7 heteroatoms. The van der Waals surface area contributed by atoms with Crippen LogP contribution in [0, 0.1) is 0 Å². The molecule has 0 aliphatic rings. The van der Waals surface area contributed by atoms with Gasteiger partial charge >= 0.3 is 5.97 Å². The summed E-state index contributed by atoms with van der Waals surface area (Å²) in [4.78, 5) is 11.6. The van der Waals surface area contributed by atoms with Crippen LogP contribution in [0.25, 0.3) is 10.7 Å². The van der Waals surface area contributed by atoms with Crippen molar-refractivity contribution < 1.29 is 9.90 Å². The van der Waals surface area contributed by atoms with E-state index in [0.717, 1.165) is 4.88 Å². The molecule has 0 fully saturated rings. The van der Waals surface area contributed by atoms with Crippen molar-refractivity contribution in [3.63, 3.8) is 0 Å². The van der Waals surface area contributed by atoms with Crippen LogP contribution in [0.4, 0.5) is 0 Å². The zero-order valence-electron chi connectivity index (χ0n) is 8.57. The number of carbonyl (C=O) groups is 1. The van der Waals surface area contributed by atoms with Gasteiger partial charge in [-0.3, -0.25) is 4.79 Å². The second-order valence-electron chi connectivity index (χ2n) is 3.37. The van der Waals surface area contributed by atoms with Gasteiger partial charge in [0.2, 0.25) is 0 Å². The molecule has 2 aromatic heterocycles. The van der Waals surface area contributed by atoms with Crippen molar-refractivity contribution in [1.82, 2.24) is 20.2 Å². The number of thiophene rings is 1. The van der Waals surface area contributed by atoms with Crippen LogP contribution in [-0.4, -0.2) is 31.3 Å². The van der Waals surface area contributed by atoms with E-state index in [4.69, 9.17) is 5.11 Å². The molecule has 16 heavy (non-hydrogen) atoms. The maximum atomic E-state index is 10.6. The highest BCUT2D eigenvalue weighted by atomic mass is 32.1. The summed E-state index contributed by atoms with van der Waals surface area (Å²) in [5, 5.41) is 22.0. The van der Waals surface area contributed by atoms with Gasteiger partial charge in [-0.1, -0.05) is 6.07 Å². The fourth-order valence-corrected chi connectivity index (χ4v) is 2.10. The average Bonchev–Trinajstić information content (AvgIpc) is 2.87. The molecule has 0 bridgehead atoms. The monoisotopic (exact) mass is 238 g/mol. The van der Waals surface area contributed by atoms with Crippen molar-refractivity contribution in [1.29, 1.82) is 0 Å². The van der Waals surface area contributed by atoms with Gasteiger partial charge < -0.3 is 5.11 Å². The van der Waals surface area contributed by atoms with Crippen molar-refractivity contribution >= 4 is 17.3 Å². The van der Waals surface area contributed by atoms with Gasteiger partial charge in [0.1, 0.15) is 0 Å². The number of aromatic nitrogens is 4. The molecular formula is C9H10N4O2S. The lowest BCUT2D eigenvalue weighted by molar-refractivity contribution is -0.137. The second-order valence-corrected chi connectivity index (χ2v) is 4.32. The van der Waals surface area contributed by atoms with E-state index in [-0.39, 0.29) is 12.5 Å². The molecule has 0 aromatic carbocycles. The number of carboxylic acid groups (broad SMARTS) is 1. The summed E-state index contributed by atoms with van der Waals surface area (Å²) >= 11 is 1.52. The summed E-state index contributed by atoms with van der Waals surface area (Å²) in [7, 11) is 0. The van der Waals surface area contributed by atoms with Crippen LogP contribution in [-0.2, 0) is 4.79 Å². The Morgan fingerprint density at radius 1 is 1.69 bits per heavy atom. The molecule has 0 saturated heterocycles. The minimum atomic E-state index is -0.861. The Hall–Kier alpha value is -1.76. The van der Waals surface area contributed by atoms with Crippen LogP contribution >= 0.6 is 11.3 Å². The molecule has 1 N–H and O–H groups in total. The van der Waals surface area contributed by atoms with Gasteiger partial charge in [0, 0.05) is 0 Å². The maximum absolute atomic E-state index is 10.6. The van der Waals surface area contributed by atoms with E-state index in [1.54, 1.807) is 11.6 Å². The van der Waals surface area contributed by atoms with E-state index in [2.05, 4.69) is 15.5 Å². The standard InChI is InChI=1S/C9H10N4O2S/c1-6(5-8(14)15)13-9(10-11-12-13)7-3-2-4-16-7/h2-4,6H,5H2,1H3,(H,14,15). The van der Waals surface area contributed by atoms with E-state index in [9.17, 15) is 4.79 Å². The lowest BCUT2D eigenvalue weighted by Crippen LogP contribution is -2.13. The fraction of sp³-hybridized carbons (Fsp3) is 0.333. The summed E-state index contributed by atoms with van der Waals surface area (Å²) in [6.07, 6.45) is 0.00339. The SMILES string of the molecule is CC(CC(=O)O)n1nnnc1-c1cccs1. The van der Waals surface area contributed by atoms with Crippen LogP contribution < -0.4 is 0 Å². The Bertz CT molecular complexity index is 479. The molecule has 0 radical (unpaired) electrons. The maximum Gasteiger partial charge on any atom is 0.305 e. The summed E-state index contributed by atoms with van der Waals surface area (Å²) in [6, 6.07) is 3.55. The van der Waals surface area contributed by atoms with E-state index in [0.29, 0.717) is 5.82 Å². The van der Waals surface area contributed by atoms with Crippen molar-refractivity contribution in [3.05, 3.63) is 17.5 Å². The molecule has 0 amide bonds. The minimum absolute atomic E-state index is 0.00339. The molecular weight excluding hydrogens is 228 g/mol. The highest BCUT2D eigenvalue weighted by molar-refractivity contribution is 7.13. The Morgan fingerprint density at radius 3 is 3.12 bits per heavy atom. The highest BCUT2D eigenvalue weighted by Crippen LogP contribution is 2.24. The smallest absolute Gasteiger partial charge is 0.305 e. The Balaban J connectivity index is 2.29. The van der Waals surface area contributed by atoms with Crippen molar-refractivity contribution in [2.45, 2.75) is 19.4 Å². The number of carboxylic acids is 1. The van der Waals surface area contributed by atoms with Crippen molar-refractivity contribution in [2.24, 2.45) is 0 Å². The highest BCUT2D eigenvalue weighted by Gasteiger charge is 2.17. The van der Waals surface area contributed by atoms with Crippen LogP contribution in [0.15, 0.2) is 17.5 Å². The Morgan fingerprint density at radius 2 is 2.50 bits per heavy atom. The third-order valence-electron chi connectivity index (χ3n) is 2.12. The minimum Gasteiger partial charge on any atom is -0.481 e. The Kier molecular flexibility index (Phi) is 2.95. The first-order valence-corrected chi connectivity index (χ1v) is 5.60. The second kappa shape index (κ2) is 4.40. The van der Waals surface area contributed by atoms with Gasteiger partial charge in [-0.2, -0.15) is 0 Å². The third kappa shape index (κ3) is 2.08. The van der Waals surface area contributed by atoms with Crippen LogP contribution in [0.1, 0.15) is 19.4 Å². The van der Waals surface area contributed by atoms with Crippen molar-refractivity contribution in [3.8, 4) is 10.7 Å². The van der Waals surface area contributed by atoms with Crippen LogP contribution in [0.2, 0.25) is 0 Å². The molecule has 0 aliphatic carbocycles. The first-order chi connectivity index (χ1) is 7.68. The number of tetrazole rings is 1. The lowest BCUT2D eigenvalue weighted by atomic mass is 10.2. The van der Waals surface area contributed by atoms with Gasteiger partial charge in [0.05, 0.1) is 17.3 Å². The molecule has 2 aromatic rings. The molecule has 0 aliphatic heterocycles. The summed E-state index contributed by atoms with van der Waals surface area (Å²) in [5.41, 5.74) is 0. The predicted octanol–water partition coefficient (Wildman–Crippen LogP) is 1.44. The van der Waals surface area contributed by atoms with E-state index in [1.807, 2.05) is 17.5 Å². The van der Waals surface area contributed by atoms with Gasteiger partial charge in [0.15, 0.2) is 5.82 Å². The number of rotatable bonds is 4. The van der Waals surface area contributed by atoms with Gasteiger partial charge in [-0.25, -0.2) is 4.68 Å². The number of hydrogen-bond donors (Lipinski definition) is 1. The fourth-order valence-electron chi connectivity index (χ4n) is 1.40. The van der Waals surface area contributed by atoms with E-state index in [1.165, 1.54) is 11.3 Å². The zero-order chi connectivity index (χ0) is 11.5. The molecule has 2 heterocycles. The first kappa shape index (κ1) is 10.7. The zero-order valence-corrected chi connectivity index (χ0v) is 9.39. The molecule has 84 valence electrons. The topological polar surface area (TPSA) is 80.9 Å². The van der Waals surface area contributed by atoms with Gasteiger partial charge in [-0.05, 0) is 28.8 Å². The summed E-state index contributed by atoms with van der Waals surface area (Å²) < 4.78 is 1.54. The molecule has 0 saturated carbocycles. The predicted molar refractivity (Wildman–Crippen MR) is 58.1 cm³/mol. The van der Waals surface area contributed by atoms with E-state index >= 15 is 0 Å². The molecule has 0 spiro atoms. The van der Waals surface area contributed by atoms with Crippen molar-refractivity contribution in [2.75, 3.05) is 0 Å². The first-order valence-electron chi connectivity index (χ1n) is 4.72. The van der Waals surface area contributed by atoms with E-state index < -0.39 is 5.97 Å². The summed E-state index contributed by atoms with van der Waals surface area (Å²) in [6.45, 7) is 1.78. The molecule has 1 unspecified atom stereocenters. The third-order valence-corrected chi connectivity index (χ3v) is 2.99. The molecule has 1 atom stereocenters. The summed E-state index contributed by atoms with van der Waals surface area (Å²) in [5.74, 6) is -0.246. The van der Waals surface area contributed by atoms with Crippen LogP contribution in [0.3, 0.4) is 0 Å². The van der Waals surface area contributed by atoms with Crippen LogP contribution in [0.5, 0.6) is 0 Å².